The second kappa shape index (κ2) is 6.40. The maximum absolute atomic E-state index is 9.40. The van der Waals surface area contributed by atoms with E-state index in [4.69, 9.17) is 0 Å². The van der Waals surface area contributed by atoms with Crippen molar-refractivity contribution in [2.45, 2.75) is 39.3 Å². The van der Waals surface area contributed by atoms with Crippen LogP contribution < -0.4 is 0 Å². The molecule has 0 radical (unpaired) electrons. The number of phenols is 1. The standard InChI is InChI=1S/C16H26N2O/c1-4-16(14-5-7-15(19)8-6-14)18-11-9-17(10-12-18)13(2)3/h5-8,13,16,19H,4,9-12H2,1-3H3. The summed E-state index contributed by atoms with van der Waals surface area (Å²) in [5.41, 5.74) is 1.32. The summed E-state index contributed by atoms with van der Waals surface area (Å²) in [7, 11) is 0. The van der Waals surface area contributed by atoms with Gasteiger partial charge in [-0.05, 0) is 38.0 Å². The first kappa shape index (κ1) is 14.4. The second-order valence-corrected chi connectivity index (χ2v) is 5.68. The molecule has 19 heavy (non-hydrogen) atoms. The van der Waals surface area contributed by atoms with Crippen molar-refractivity contribution in [3.63, 3.8) is 0 Å². The van der Waals surface area contributed by atoms with E-state index < -0.39 is 0 Å². The predicted molar refractivity (Wildman–Crippen MR) is 79.4 cm³/mol. The Labute approximate surface area is 116 Å². The van der Waals surface area contributed by atoms with Gasteiger partial charge in [-0.15, -0.1) is 0 Å². The zero-order chi connectivity index (χ0) is 13.8. The molecule has 1 saturated heterocycles. The molecule has 0 aliphatic carbocycles. The summed E-state index contributed by atoms with van der Waals surface area (Å²) in [6.45, 7) is 11.4. The quantitative estimate of drug-likeness (QED) is 0.904. The monoisotopic (exact) mass is 262 g/mol. The van der Waals surface area contributed by atoms with Gasteiger partial charge in [-0.25, -0.2) is 0 Å². The molecule has 1 aromatic rings. The van der Waals surface area contributed by atoms with E-state index in [-0.39, 0.29) is 0 Å². The van der Waals surface area contributed by atoms with Gasteiger partial charge in [0, 0.05) is 38.3 Å². The van der Waals surface area contributed by atoms with Crippen molar-refractivity contribution in [2.24, 2.45) is 0 Å². The first-order valence-corrected chi connectivity index (χ1v) is 7.39. The average Bonchev–Trinajstić information content (AvgIpc) is 2.42. The van der Waals surface area contributed by atoms with Crippen LogP contribution in [0.2, 0.25) is 0 Å². The van der Waals surface area contributed by atoms with Crippen molar-refractivity contribution < 1.29 is 5.11 Å². The van der Waals surface area contributed by atoms with Crippen molar-refractivity contribution in [1.82, 2.24) is 9.80 Å². The molecule has 1 fully saturated rings. The highest BCUT2D eigenvalue weighted by molar-refractivity contribution is 5.28. The number of hydrogen-bond acceptors (Lipinski definition) is 3. The lowest BCUT2D eigenvalue weighted by molar-refractivity contribution is 0.0763. The molecule has 106 valence electrons. The molecule has 0 amide bonds. The molecule has 1 atom stereocenters. The second-order valence-electron chi connectivity index (χ2n) is 5.68. The van der Waals surface area contributed by atoms with Crippen LogP contribution in [-0.2, 0) is 0 Å². The molecule has 0 spiro atoms. The highest BCUT2D eigenvalue weighted by Crippen LogP contribution is 2.26. The minimum atomic E-state index is 0.350. The summed E-state index contributed by atoms with van der Waals surface area (Å²) in [6.07, 6.45) is 1.12. The molecule has 1 unspecified atom stereocenters. The van der Waals surface area contributed by atoms with Gasteiger partial charge in [0.1, 0.15) is 5.75 Å². The Hall–Kier alpha value is -1.06. The largest absolute Gasteiger partial charge is 0.508 e. The lowest BCUT2D eigenvalue weighted by Gasteiger charge is -2.40. The first-order valence-electron chi connectivity index (χ1n) is 7.39. The number of rotatable bonds is 4. The molecule has 2 rings (SSSR count). The van der Waals surface area contributed by atoms with Crippen LogP contribution in [0.1, 0.15) is 38.8 Å². The summed E-state index contributed by atoms with van der Waals surface area (Å²) in [5.74, 6) is 0.350. The van der Waals surface area contributed by atoms with Gasteiger partial charge in [0.05, 0.1) is 0 Å². The van der Waals surface area contributed by atoms with E-state index in [9.17, 15) is 5.11 Å². The first-order chi connectivity index (χ1) is 9.11. The maximum Gasteiger partial charge on any atom is 0.115 e. The molecule has 1 aliphatic rings. The van der Waals surface area contributed by atoms with Crippen LogP contribution in [-0.4, -0.2) is 47.1 Å². The Bertz CT molecular complexity index is 380. The van der Waals surface area contributed by atoms with Crippen LogP contribution in [0.15, 0.2) is 24.3 Å². The normalized spacial score (nSPS) is 19.8. The van der Waals surface area contributed by atoms with Gasteiger partial charge in [-0.2, -0.15) is 0 Å². The number of piperazine rings is 1. The zero-order valence-corrected chi connectivity index (χ0v) is 12.3. The van der Waals surface area contributed by atoms with Gasteiger partial charge in [0.25, 0.3) is 0 Å². The van der Waals surface area contributed by atoms with E-state index >= 15 is 0 Å². The molecule has 1 aromatic carbocycles. The van der Waals surface area contributed by atoms with Crippen LogP contribution in [0.4, 0.5) is 0 Å². The van der Waals surface area contributed by atoms with Gasteiger partial charge in [0.2, 0.25) is 0 Å². The Kier molecular flexibility index (Phi) is 4.83. The van der Waals surface area contributed by atoms with Crippen molar-refractivity contribution in [3.05, 3.63) is 29.8 Å². The zero-order valence-electron chi connectivity index (χ0n) is 12.3. The molecule has 3 nitrogen and oxygen atoms in total. The summed E-state index contributed by atoms with van der Waals surface area (Å²) < 4.78 is 0. The Morgan fingerprint density at radius 3 is 2.00 bits per heavy atom. The van der Waals surface area contributed by atoms with E-state index in [1.807, 2.05) is 0 Å². The van der Waals surface area contributed by atoms with Crippen molar-refractivity contribution >= 4 is 0 Å². The fraction of sp³-hybridized carbons (Fsp3) is 0.625. The number of hydrogen-bond donors (Lipinski definition) is 1. The van der Waals surface area contributed by atoms with Crippen molar-refractivity contribution in [1.29, 1.82) is 0 Å². The lowest BCUT2D eigenvalue weighted by atomic mass is 10.0. The topological polar surface area (TPSA) is 26.7 Å². The number of aromatic hydroxyl groups is 1. The average molecular weight is 262 g/mol. The van der Waals surface area contributed by atoms with Gasteiger partial charge in [-0.3, -0.25) is 9.80 Å². The molecule has 1 heterocycles. The van der Waals surface area contributed by atoms with Crippen LogP contribution in [0.5, 0.6) is 5.75 Å². The van der Waals surface area contributed by atoms with Gasteiger partial charge < -0.3 is 5.11 Å². The van der Waals surface area contributed by atoms with Gasteiger partial charge >= 0.3 is 0 Å². The smallest absolute Gasteiger partial charge is 0.115 e. The number of phenolic OH excluding ortho intramolecular Hbond substituents is 1. The summed E-state index contributed by atoms with van der Waals surface area (Å²) >= 11 is 0. The molecule has 3 heteroatoms. The number of nitrogens with zero attached hydrogens (tertiary/aromatic N) is 2. The summed E-state index contributed by atoms with van der Waals surface area (Å²) in [5, 5.41) is 9.40. The predicted octanol–water partition coefficient (Wildman–Crippen LogP) is 2.87. The van der Waals surface area contributed by atoms with Crippen molar-refractivity contribution in [3.8, 4) is 5.75 Å². The van der Waals surface area contributed by atoms with E-state index in [0.29, 0.717) is 17.8 Å². The van der Waals surface area contributed by atoms with Gasteiger partial charge in [0.15, 0.2) is 0 Å². The van der Waals surface area contributed by atoms with E-state index in [2.05, 4.69) is 42.7 Å². The van der Waals surface area contributed by atoms with E-state index in [1.54, 1.807) is 12.1 Å². The minimum Gasteiger partial charge on any atom is -0.508 e. The van der Waals surface area contributed by atoms with Crippen LogP contribution in [0.25, 0.3) is 0 Å². The molecular formula is C16H26N2O. The number of benzene rings is 1. The van der Waals surface area contributed by atoms with Crippen LogP contribution >= 0.6 is 0 Å². The Morgan fingerprint density at radius 2 is 1.53 bits per heavy atom. The third kappa shape index (κ3) is 3.48. The molecular weight excluding hydrogens is 236 g/mol. The third-order valence-electron chi connectivity index (χ3n) is 4.18. The van der Waals surface area contributed by atoms with E-state index in [0.717, 1.165) is 32.6 Å². The molecule has 0 bridgehead atoms. The molecule has 0 saturated carbocycles. The highest BCUT2D eigenvalue weighted by atomic mass is 16.3. The van der Waals surface area contributed by atoms with Crippen LogP contribution in [0.3, 0.4) is 0 Å². The molecule has 0 aromatic heterocycles. The lowest BCUT2D eigenvalue weighted by Crippen LogP contribution is -2.49. The summed E-state index contributed by atoms with van der Waals surface area (Å²) in [4.78, 5) is 5.12. The van der Waals surface area contributed by atoms with Gasteiger partial charge in [-0.1, -0.05) is 19.1 Å². The summed E-state index contributed by atoms with van der Waals surface area (Å²) in [6, 6.07) is 8.83. The fourth-order valence-corrected chi connectivity index (χ4v) is 2.97. The third-order valence-corrected chi connectivity index (χ3v) is 4.18. The SMILES string of the molecule is CCC(c1ccc(O)cc1)N1CCN(C(C)C)CC1. The highest BCUT2D eigenvalue weighted by Gasteiger charge is 2.24. The Morgan fingerprint density at radius 1 is 1.00 bits per heavy atom. The maximum atomic E-state index is 9.40. The van der Waals surface area contributed by atoms with E-state index in [1.165, 1.54) is 5.56 Å². The minimum absolute atomic E-state index is 0.350. The molecule has 1 N–H and O–H groups in total. The fourth-order valence-electron chi connectivity index (χ4n) is 2.97. The molecule has 1 aliphatic heterocycles. The van der Waals surface area contributed by atoms with Crippen LogP contribution in [0, 0.1) is 0 Å². The van der Waals surface area contributed by atoms with Crippen molar-refractivity contribution in [2.75, 3.05) is 26.2 Å². The Balaban J connectivity index is 2.01.